The average Bonchev–Trinajstić information content (AvgIpc) is 2.84. The first-order valence-electron chi connectivity index (χ1n) is 11.1. The van der Waals surface area contributed by atoms with Gasteiger partial charge in [-0.15, -0.1) is 0 Å². The summed E-state index contributed by atoms with van der Waals surface area (Å²) in [4.78, 5) is 51.0. The van der Waals surface area contributed by atoms with E-state index in [4.69, 9.17) is 16.3 Å². The standard InChI is InChI=1S/C27H21BrClN3O5/c1-15-3-9-22(16(2)11-15)30-24(33)14-37-23-10-4-17(13-21(23)28)12-20-25(34)31-27(36)32(26(20)35)19-7-5-18(29)6-8-19/h3-13H,14H2,1-2H3,(H,30,33)(H,31,34,36)/b20-12-. The van der Waals surface area contributed by atoms with E-state index in [0.29, 0.717) is 26.5 Å². The summed E-state index contributed by atoms with van der Waals surface area (Å²) >= 11 is 9.29. The third kappa shape index (κ3) is 6.07. The number of nitrogens with one attached hydrogen (secondary N) is 2. The first kappa shape index (κ1) is 26.1. The minimum Gasteiger partial charge on any atom is -0.483 e. The molecule has 3 aromatic carbocycles. The summed E-state index contributed by atoms with van der Waals surface area (Å²) < 4.78 is 6.14. The van der Waals surface area contributed by atoms with Crippen LogP contribution in [0, 0.1) is 13.8 Å². The van der Waals surface area contributed by atoms with Gasteiger partial charge in [-0.1, -0.05) is 35.4 Å². The van der Waals surface area contributed by atoms with Gasteiger partial charge in [-0.2, -0.15) is 0 Å². The van der Waals surface area contributed by atoms with Gasteiger partial charge in [0.2, 0.25) is 0 Å². The summed E-state index contributed by atoms with van der Waals surface area (Å²) in [6.45, 7) is 3.67. The van der Waals surface area contributed by atoms with Crippen molar-refractivity contribution in [2.45, 2.75) is 13.8 Å². The van der Waals surface area contributed by atoms with Gasteiger partial charge in [0.1, 0.15) is 11.3 Å². The van der Waals surface area contributed by atoms with Gasteiger partial charge in [0.05, 0.1) is 10.2 Å². The number of carbonyl (C=O) groups is 4. The van der Waals surface area contributed by atoms with E-state index < -0.39 is 17.8 Å². The summed E-state index contributed by atoms with van der Waals surface area (Å²) in [5.41, 5.74) is 3.31. The fraction of sp³-hybridized carbons (Fsp3) is 0.111. The second-order valence-corrected chi connectivity index (χ2v) is 9.57. The molecule has 1 fully saturated rings. The van der Waals surface area contributed by atoms with Crippen LogP contribution in [-0.4, -0.2) is 30.4 Å². The van der Waals surface area contributed by atoms with E-state index in [9.17, 15) is 19.2 Å². The highest BCUT2D eigenvalue weighted by atomic mass is 79.9. The van der Waals surface area contributed by atoms with Crippen LogP contribution in [0.1, 0.15) is 16.7 Å². The predicted octanol–water partition coefficient (Wildman–Crippen LogP) is 5.40. The van der Waals surface area contributed by atoms with Crippen LogP contribution in [0.4, 0.5) is 16.2 Å². The Bertz CT molecular complexity index is 1450. The van der Waals surface area contributed by atoms with Crippen molar-refractivity contribution in [3.63, 3.8) is 0 Å². The van der Waals surface area contributed by atoms with Crippen molar-refractivity contribution in [2.75, 3.05) is 16.8 Å². The molecule has 1 aliphatic heterocycles. The van der Waals surface area contributed by atoms with Crippen molar-refractivity contribution in [1.29, 1.82) is 0 Å². The highest BCUT2D eigenvalue weighted by Gasteiger charge is 2.36. The summed E-state index contributed by atoms with van der Waals surface area (Å²) in [6.07, 6.45) is 1.37. The molecule has 0 aromatic heterocycles. The van der Waals surface area contributed by atoms with E-state index in [1.807, 2.05) is 32.0 Å². The summed E-state index contributed by atoms with van der Waals surface area (Å²) in [6, 6.07) is 15.8. The zero-order valence-corrected chi connectivity index (χ0v) is 22.1. The lowest BCUT2D eigenvalue weighted by Gasteiger charge is -2.26. The molecule has 3 aromatic rings. The molecule has 10 heteroatoms. The molecule has 2 N–H and O–H groups in total. The van der Waals surface area contributed by atoms with Crippen molar-refractivity contribution >= 4 is 68.7 Å². The Hall–Kier alpha value is -3.95. The molecule has 5 amide bonds. The van der Waals surface area contributed by atoms with Gasteiger partial charge in [0, 0.05) is 10.7 Å². The third-order valence-corrected chi connectivity index (χ3v) is 6.34. The number of amides is 5. The quantitative estimate of drug-likeness (QED) is 0.299. The number of aryl methyl sites for hydroxylation is 2. The van der Waals surface area contributed by atoms with Crippen LogP contribution in [0.5, 0.6) is 5.75 Å². The van der Waals surface area contributed by atoms with Gasteiger partial charge in [-0.05, 0) is 89.4 Å². The van der Waals surface area contributed by atoms with Crippen LogP contribution in [0.2, 0.25) is 5.02 Å². The molecule has 1 aliphatic rings. The number of imide groups is 2. The number of barbiturate groups is 1. The average molecular weight is 583 g/mol. The summed E-state index contributed by atoms with van der Waals surface area (Å²) in [7, 11) is 0. The second-order valence-electron chi connectivity index (χ2n) is 8.28. The highest BCUT2D eigenvalue weighted by Crippen LogP contribution is 2.29. The first-order chi connectivity index (χ1) is 17.6. The number of halogens is 2. The topological polar surface area (TPSA) is 105 Å². The zero-order valence-electron chi connectivity index (χ0n) is 19.8. The zero-order chi connectivity index (χ0) is 26.7. The van der Waals surface area contributed by atoms with Gasteiger partial charge in [0.25, 0.3) is 17.7 Å². The predicted molar refractivity (Wildman–Crippen MR) is 145 cm³/mol. The highest BCUT2D eigenvalue weighted by molar-refractivity contribution is 9.10. The third-order valence-electron chi connectivity index (χ3n) is 5.47. The number of nitrogens with zero attached hydrogens (tertiary/aromatic N) is 1. The number of carbonyl (C=O) groups excluding carboxylic acids is 4. The molecule has 0 atom stereocenters. The fourth-order valence-corrected chi connectivity index (χ4v) is 4.29. The van der Waals surface area contributed by atoms with E-state index in [1.165, 1.54) is 30.3 Å². The smallest absolute Gasteiger partial charge is 0.335 e. The molecule has 1 heterocycles. The first-order valence-corrected chi connectivity index (χ1v) is 12.3. The van der Waals surface area contributed by atoms with E-state index in [-0.39, 0.29) is 23.8 Å². The number of anilines is 2. The lowest BCUT2D eigenvalue weighted by atomic mass is 10.1. The number of urea groups is 1. The van der Waals surface area contributed by atoms with Gasteiger partial charge in [0.15, 0.2) is 6.61 Å². The van der Waals surface area contributed by atoms with Gasteiger partial charge >= 0.3 is 6.03 Å². The van der Waals surface area contributed by atoms with Crippen molar-refractivity contribution < 1.29 is 23.9 Å². The number of hydrogen-bond acceptors (Lipinski definition) is 5. The van der Waals surface area contributed by atoms with Gasteiger partial charge in [-0.3, -0.25) is 19.7 Å². The van der Waals surface area contributed by atoms with Crippen molar-refractivity contribution in [3.8, 4) is 5.75 Å². The molecule has 0 spiro atoms. The van der Waals surface area contributed by atoms with E-state index in [2.05, 4.69) is 26.6 Å². The molecule has 0 unspecified atom stereocenters. The number of ether oxygens (including phenoxy) is 1. The number of hydrogen-bond donors (Lipinski definition) is 2. The Labute approximate surface area is 226 Å². The Morgan fingerprint density at radius 2 is 1.78 bits per heavy atom. The van der Waals surface area contributed by atoms with Gasteiger partial charge in [-0.25, -0.2) is 9.69 Å². The molecule has 188 valence electrons. The van der Waals surface area contributed by atoms with E-state index in [1.54, 1.807) is 18.2 Å². The molecule has 0 saturated carbocycles. The Morgan fingerprint density at radius 1 is 1.05 bits per heavy atom. The molecule has 0 aliphatic carbocycles. The Morgan fingerprint density at radius 3 is 2.46 bits per heavy atom. The molecular weight excluding hydrogens is 562 g/mol. The normalized spacial score (nSPS) is 14.5. The van der Waals surface area contributed by atoms with Crippen LogP contribution < -0.4 is 20.3 Å². The van der Waals surface area contributed by atoms with Crippen LogP contribution in [-0.2, 0) is 14.4 Å². The SMILES string of the molecule is Cc1ccc(NC(=O)COc2ccc(/C=C3/C(=O)NC(=O)N(c4ccc(Cl)cc4)C3=O)cc2Br)c(C)c1. The van der Waals surface area contributed by atoms with E-state index in [0.717, 1.165) is 16.0 Å². The molecule has 8 nitrogen and oxygen atoms in total. The minimum atomic E-state index is -0.849. The molecule has 0 bridgehead atoms. The van der Waals surface area contributed by atoms with Gasteiger partial charge < -0.3 is 10.1 Å². The largest absolute Gasteiger partial charge is 0.483 e. The molecule has 0 radical (unpaired) electrons. The van der Waals surface area contributed by atoms with Crippen molar-refractivity contribution in [3.05, 3.63) is 92.4 Å². The molecule has 37 heavy (non-hydrogen) atoms. The molecule has 4 rings (SSSR count). The van der Waals surface area contributed by atoms with Crippen LogP contribution in [0.15, 0.2) is 70.7 Å². The number of benzene rings is 3. The maximum absolute atomic E-state index is 13.0. The second kappa shape index (κ2) is 11.0. The molecular formula is C27H21BrClN3O5. The van der Waals surface area contributed by atoms with Crippen LogP contribution in [0.3, 0.4) is 0 Å². The number of rotatable bonds is 6. The monoisotopic (exact) mass is 581 g/mol. The maximum Gasteiger partial charge on any atom is 0.335 e. The summed E-state index contributed by atoms with van der Waals surface area (Å²) in [5.74, 6) is -1.49. The fourth-order valence-electron chi connectivity index (χ4n) is 3.66. The van der Waals surface area contributed by atoms with Crippen molar-refractivity contribution in [2.24, 2.45) is 0 Å². The lowest BCUT2D eigenvalue weighted by molar-refractivity contribution is -0.122. The maximum atomic E-state index is 13.0. The van der Waals surface area contributed by atoms with Crippen LogP contribution in [0.25, 0.3) is 6.08 Å². The van der Waals surface area contributed by atoms with E-state index >= 15 is 0 Å². The summed E-state index contributed by atoms with van der Waals surface area (Å²) in [5, 5.41) is 5.43. The lowest BCUT2D eigenvalue weighted by Crippen LogP contribution is -2.54. The Balaban J connectivity index is 1.47. The Kier molecular flexibility index (Phi) is 7.75. The van der Waals surface area contributed by atoms with Crippen LogP contribution >= 0.6 is 27.5 Å². The minimum absolute atomic E-state index is 0.217. The molecule has 1 saturated heterocycles. The van der Waals surface area contributed by atoms with Crippen molar-refractivity contribution in [1.82, 2.24) is 5.32 Å².